The third-order valence-corrected chi connectivity index (χ3v) is 4.04. The number of fused-ring (bicyclic) bond motifs is 1. The van der Waals surface area contributed by atoms with Gasteiger partial charge in [-0.05, 0) is 18.6 Å². The van der Waals surface area contributed by atoms with Crippen molar-refractivity contribution in [1.82, 2.24) is 25.1 Å². The van der Waals surface area contributed by atoms with Gasteiger partial charge in [0.05, 0.1) is 6.61 Å². The average Bonchev–Trinajstić information content (AvgIpc) is 2.99. The first-order chi connectivity index (χ1) is 11.0. The Hall–Kier alpha value is -2.28. The predicted molar refractivity (Wildman–Crippen MR) is 83.5 cm³/mol. The Balaban J connectivity index is 1.85. The Kier molecular flexibility index (Phi) is 4.12. The lowest BCUT2D eigenvalue weighted by Crippen LogP contribution is -2.53. The van der Waals surface area contributed by atoms with Crippen LogP contribution in [-0.2, 0) is 28.2 Å². The third kappa shape index (κ3) is 2.84. The molecule has 7 heteroatoms. The molecule has 2 aromatic rings. The molecule has 3 heterocycles. The fraction of sp³-hybridized carbons (Fsp3) is 0.500. The highest BCUT2D eigenvalue weighted by molar-refractivity contribution is 5.84. The molecule has 0 bridgehead atoms. The van der Waals surface area contributed by atoms with E-state index in [1.165, 1.54) is 0 Å². The average molecular weight is 315 g/mol. The quantitative estimate of drug-likeness (QED) is 0.921. The van der Waals surface area contributed by atoms with E-state index in [4.69, 9.17) is 4.74 Å². The van der Waals surface area contributed by atoms with Crippen LogP contribution < -0.4 is 5.32 Å². The lowest BCUT2D eigenvalue weighted by atomic mass is 9.99. The van der Waals surface area contributed by atoms with Crippen molar-refractivity contribution in [3.63, 3.8) is 0 Å². The van der Waals surface area contributed by atoms with Crippen molar-refractivity contribution in [3.05, 3.63) is 41.7 Å². The monoisotopic (exact) mass is 315 g/mol. The van der Waals surface area contributed by atoms with Crippen LogP contribution in [0.5, 0.6) is 0 Å². The fourth-order valence-corrected chi connectivity index (χ4v) is 2.78. The summed E-state index contributed by atoms with van der Waals surface area (Å²) in [5, 5.41) is 11.4. The first kappa shape index (κ1) is 15.6. The molecule has 3 rings (SSSR count). The first-order valence-electron chi connectivity index (χ1n) is 7.72. The van der Waals surface area contributed by atoms with Crippen molar-refractivity contribution in [2.75, 3.05) is 6.61 Å². The van der Waals surface area contributed by atoms with Crippen molar-refractivity contribution in [2.45, 2.75) is 45.4 Å². The lowest BCUT2D eigenvalue weighted by molar-refractivity contribution is -0.135. The summed E-state index contributed by atoms with van der Waals surface area (Å²) in [6.45, 7) is 7.06. The van der Waals surface area contributed by atoms with Crippen molar-refractivity contribution >= 4 is 5.91 Å². The molecule has 122 valence electrons. The minimum Gasteiger partial charge on any atom is -0.370 e. The standard InChI is InChI=1S/C16H21N5O2/c1-11(2)14-20-19-13-9-23-10-16(3,21(13)14)15(22)18-8-12-5-4-6-17-7-12/h4-7,11H,8-10H2,1-3H3,(H,18,22)/t16-/m0/s1. The van der Waals surface area contributed by atoms with Gasteiger partial charge in [-0.1, -0.05) is 19.9 Å². The molecule has 0 radical (unpaired) electrons. The Labute approximate surface area is 135 Å². The molecule has 0 aliphatic carbocycles. The lowest BCUT2D eigenvalue weighted by Gasteiger charge is -2.35. The molecule has 0 spiro atoms. The van der Waals surface area contributed by atoms with Crippen LogP contribution in [0.15, 0.2) is 24.5 Å². The van der Waals surface area contributed by atoms with Crippen LogP contribution in [0.1, 0.15) is 43.9 Å². The van der Waals surface area contributed by atoms with Gasteiger partial charge in [-0.3, -0.25) is 14.3 Å². The normalized spacial score (nSPS) is 20.3. The molecule has 1 N–H and O–H groups in total. The molecule has 0 unspecified atom stereocenters. The first-order valence-corrected chi connectivity index (χ1v) is 7.72. The van der Waals surface area contributed by atoms with Gasteiger partial charge in [0.25, 0.3) is 0 Å². The maximum absolute atomic E-state index is 12.8. The van der Waals surface area contributed by atoms with E-state index in [2.05, 4.69) is 20.5 Å². The zero-order valence-electron chi connectivity index (χ0n) is 13.6. The smallest absolute Gasteiger partial charge is 0.248 e. The summed E-state index contributed by atoms with van der Waals surface area (Å²) in [7, 11) is 0. The van der Waals surface area contributed by atoms with Gasteiger partial charge in [-0.25, -0.2) is 0 Å². The number of nitrogens with zero attached hydrogens (tertiary/aromatic N) is 4. The number of hydrogen-bond donors (Lipinski definition) is 1. The Morgan fingerprint density at radius 1 is 1.48 bits per heavy atom. The number of aromatic nitrogens is 4. The molecular weight excluding hydrogens is 294 g/mol. The Morgan fingerprint density at radius 3 is 3.00 bits per heavy atom. The molecular formula is C16H21N5O2. The van der Waals surface area contributed by atoms with Crippen LogP contribution in [0.25, 0.3) is 0 Å². The SMILES string of the molecule is CC(C)c1nnc2n1[C@](C)(C(=O)NCc1cccnc1)COC2. The van der Waals surface area contributed by atoms with Crippen LogP contribution in [-0.4, -0.2) is 32.3 Å². The predicted octanol–water partition coefficient (Wildman–Crippen LogP) is 1.36. The summed E-state index contributed by atoms with van der Waals surface area (Å²) in [6, 6.07) is 3.78. The van der Waals surface area contributed by atoms with Gasteiger partial charge in [0.15, 0.2) is 5.82 Å². The summed E-state index contributed by atoms with van der Waals surface area (Å²) in [5.41, 5.74) is 0.105. The second-order valence-corrected chi connectivity index (χ2v) is 6.28. The van der Waals surface area contributed by atoms with E-state index in [1.807, 2.05) is 37.5 Å². The number of hydrogen-bond acceptors (Lipinski definition) is 5. The summed E-state index contributed by atoms with van der Waals surface area (Å²) in [6.07, 6.45) is 3.45. The third-order valence-electron chi connectivity index (χ3n) is 4.04. The number of rotatable bonds is 4. The van der Waals surface area contributed by atoms with Gasteiger partial charge in [-0.15, -0.1) is 10.2 Å². The number of ether oxygens (including phenoxy) is 1. The van der Waals surface area contributed by atoms with Gasteiger partial charge >= 0.3 is 0 Å². The Morgan fingerprint density at radius 2 is 2.30 bits per heavy atom. The zero-order chi connectivity index (χ0) is 16.4. The van der Waals surface area contributed by atoms with Crippen molar-refractivity contribution < 1.29 is 9.53 Å². The van der Waals surface area contributed by atoms with E-state index in [-0.39, 0.29) is 11.8 Å². The number of amides is 1. The second kappa shape index (κ2) is 6.08. The zero-order valence-corrected chi connectivity index (χ0v) is 13.6. The molecule has 1 aliphatic rings. The van der Waals surface area contributed by atoms with Gasteiger partial charge in [-0.2, -0.15) is 0 Å². The van der Waals surface area contributed by atoms with Crippen LogP contribution in [0.4, 0.5) is 0 Å². The van der Waals surface area contributed by atoms with Crippen LogP contribution >= 0.6 is 0 Å². The summed E-state index contributed by atoms with van der Waals surface area (Å²) in [5.74, 6) is 1.57. The topological polar surface area (TPSA) is 81.9 Å². The molecule has 0 fully saturated rings. The maximum Gasteiger partial charge on any atom is 0.248 e. The van der Waals surface area contributed by atoms with Gasteiger partial charge < -0.3 is 10.1 Å². The van der Waals surface area contributed by atoms with Gasteiger partial charge in [0, 0.05) is 24.9 Å². The number of pyridine rings is 1. The molecule has 0 saturated heterocycles. The maximum atomic E-state index is 12.8. The van der Waals surface area contributed by atoms with E-state index in [9.17, 15) is 4.79 Å². The molecule has 0 aromatic carbocycles. The van der Waals surface area contributed by atoms with Crippen LogP contribution in [0.3, 0.4) is 0 Å². The summed E-state index contributed by atoms with van der Waals surface area (Å²) in [4.78, 5) is 16.9. The highest BCUT2D eigenvalue weighted by atomic mass is 16.5. The molecule has 1 atom stereocenters. The molecule has 7 nitrogen and oxygen atoms in total. The molecule has 1 aliphatic heterocycles. The minimum atomic E-state index is -0.848. The van der Waals surface area contributed by atoms with E-state index < -0.39 is 5.54 Å². The van der Waals surface area contributed by atoms with Crippen molar-refractivity contribution in [1.29, 1.82) is 0 Å². The largest absolute Gasteiger partial charge is 0.370 e. The number of nitrogens with one attached hydrogen (secondary N) is 1. The van der Waals surface area contributed by atoms with Crippen LogP contribution in [0.2, 0.25) is 0 Å². The van der Waals surface area contributed by atoms with Gasteiger partial charge in [0.1, 0.15) is 18.0 Å². The molecule has 23 heavy (non-hydrogen) atoms. The van der Waals surface area contributed by atoms with E-state index in [0.717, 1.165) is 11.4 Å². The molecule has 0 saturated carbocycles. The van der Waals surface area contributed by atoms with Crippen LogP contribution in [0, 0.1) is 0 Å². The number of carbonyl (C=O) groups excluding carboxylic acids is 1. The van der Waals surface area contributed by atoms with E-state index >= 15 is 0 Å². The Bertz CT molecular complexity index is 698. The summed E-state index contributed by atoms with van der Waals surface area (Å²) < 4.78 is 7.51. The summed E-state index contributed by atoms with van der Waals surface area (Å²) >= 11 is 0. The highest BCUT2D eigenvalue weighted by Crippen LogP contribution is 2.29. The minimum absolute atomic E-state index is 0.107. The van der Waals surface area contributed by atoms with Crippen molar-refractivity contribution in [2.24, 2.45) is 0 Å². The van der Waals surface area contributed by atoms with Crippen molar-refractivity contribution in [3.8, 4) is 0 Å². The second-order valence-electron chi connectivity index (χ2n) is 6.28. The molecule has 1 amide bonds. The van der Waals surface area contributed by atoms with E-state index in [1.54, 1.807) is 12.4 Å². The van der Waals surface area contributed by atoms with E-state index in [0.29, 0.717) is 25.6 Å². The van der Waals surface area contributed by atoms with Gasteiger partial charge in [0.2, 0.25) is 5.91 Å². The highest BCUT2D eigenvalue weighted by Gasteiger charge is 2.42. The fourth-order valence-electron chi connectivity index (χ4n) is 2.78. The molecule has 2 aromatic heterocycles. The number of carbonyl (C=O) groups is 1.